The van der Waals surface area contributed by atoms with Gasteiger partial charge in [0.1, 0.15) is 11.6 Å². The number of guanidine groups is 1. The number of anilines is 1. The molecule has 0 spiro atoms. The molecule has 0 saturated carbocycles. The summed E-state index contributed by atoms with van der Waals surface area (Å²) >= 11 is 0. The van der Waals surface area contributed by atoms with Gasteiger partial charge in [0.2, 0.25) is 0 Å². The Morgan fingerprint density at radius 2 is 1.86 bits per heavy atom. The third-order valence-electron chi connectivity index (χ3n) is 4.72. The topological polar surface area (TPSA) is 53.0 Å². The van der Waals surface area contributed by atoms with Crippen molar-refractivity contribution in [1.82, 2.24) is 15.2 Å². The molecular formula is C21H30IN5O. The summed E-state index contributed by atoms with van der Waals surface area (Å²) in [6.45, 7) is 7.40. The fraction of sp³-hybridized carbons (Fsp3) is 0.429. The van der Waals surface area contributed by atoms with Crippen molar-refractivity contribution < 1.29 is 4.74 Å². The summed E-state index contributed by atoms with van der Waals surface area (Å²) in [6, 6.07) is 14.2. The van der Waals surface area contributed by atoms with Crippen LogP contribution in [0.5, 0.6) is 5.75 Å². The fourth-order valence-corrected chi connectivity index (χ4v) is 3.19. The predicted octanol–water partition coefficient (Wildman–Crippen LogP) is 3.17. The van der Waals surface area contributed by atoms with E-state index in [-0.39, 0.29) is 24.0 Å². The van der Waals surface area contributed by atoms with Crippen LogP contribution >= 0.6 is 24.0 Å². The van der Waals surface area contributed by atoms with Gasteiger partial charge >= 0.3 is 0 Å². The van der Waals surface area contributed by atoms with Crippen LogP contribution < -0.4 is 15.0 Å². The summed E-state index contributed by atoms with van der Waals surface area (Å²) < 4.78 is 5.85. The minimum Gasteiger partial charge on any atom is -0.493 e. The molecule has 1 aliphatic heterocycles. The molecule has 28 heavy (non-hydrogen) atoms. The van der Waals surface area contributed by atoms with Gasteiger partial charge in [-0.1, -0.05) is 24.3 Å². The SMILES string of the molecule is CN=C(NCCCOc1ccccc1C)N1CCN(c2ccccn2)CC1.I. The van der Waals surface area contributed by atoms with Crippen LogP contribution in [0.3, 0.4) is 0 Å². The molecule has 0 radical (unpaired) electrons. The number of aliphatic imine (C=N–C) groups is 1. The standard InChI is InChI=1S/C21H29N5O.HI/c1-18-8-3-4-9-19(18)27-17-7-12-24-21(22-2)26-15-13-25(14-16-26)20-10-5-6-11-23-20;/h3-6,8-11H,7,12-17H2,1-2H3,(H,22,24);1H. The van der Waals surface area contributed by atoms with Gasteiger partial charge in [0.05, 0.1) is 6.61 Å². The van der Waals surface area contributed by atoms with Crippen molar-refractivity contribution in [2.24, 2.45) is 4.99 Å². The Morgan fingerprint density at radius 1 is 1.11 bits per heavy atom. The first-order valence-corrected chi connectivity index (χ1v) is 9.58. The van der Waals surface area contributed by atoms with E-state index >= 15 is 0 Å². The molecule has 0 atom stereocenters. The summed E-state index contributed by atoms with van der Waals surface area (Å²) in [5.74, 6) is 2.98. The number of aryl methyl sites for hydroxylation is 1. The normalized spacial score (nSPS) is 14.4. The number of nitrogens with one attached hydrogen (secondary N) is 1. The first-order chi connectivity index (χ1) is 13.3. The molecule has 0 amide bonds. The predicted molar refractivity (Wildman–Crippen MR) is 126 cm³/mol. The van der Waals surface area contributed by atoms with Crippen LogP contribution in [0.15, 0.2) is 53.7 Å². The summed E-state index contributed by atoms with van der Waals surface area (Å²) in [4.78, 5) is 13.5. The van der Waals surface area contributed by atoms with E-state index in [9.17, 15) is 0 Å². The van der Waals surface area contributed by atoms with Gasteiger partial charge in [-0.25, -0.2) is 4.98 Å². The molecule has 1 aromatic carbocycles. The van der Waals surface area contributed by atoms with Gasteiger partial charge in [-0.2, -0.15) is 0 Å². The minimum atomic E-state index is 0. The number of benzene rings is 1. The summed E-state index contributed by atoms with van der Waals surface area (Å²) in [6.07, 6.45) is 2.78. The minimum absolute atomic E-state index is 0. The van der Waals surface area contributed by atoms with Crippen LogP contribution in [0, 0.1) is 6.92 Å². The highest BCUT2D eigenvalue weighted by molar-refractivity contribution is 14.0. The van der Waals surface area contributed by atoms with Crippen LogP contribution in [0.4, 0.5) is 5.82 Å². The smallest absolute Gasteiger partial charge is 0.193 e. The maximum absolute atomic E-state index is 5.85. The van der Waals surface area contributed by atoms with Gasteiger partial charge < -0.3 is 19.9 Å². The molecule has 2 heterocycles. The summed E-state index contributed by atoms with van der Waals surface area (Å²) in [5, 5.41) is 3.46. The van der Waals surface area contributed by atoms with Crippen LogP contribution in [-0.2, 0) is 0 Å². The quantitative estimate of drug-likeness (QED) is 0.289. The molecule has 1 aromatic heterocycles. The zero-order valence-electron chi connectivity index (χ0n) is 16.7. The summed E-state index contributed by atoms with van der Waals surface area (Å²) in [5.41, 5.74) is 1.17. The van der Waals surface area contributed by atoms with E-state index < -0.39 is 0 Å². The lowest BCUT2D eigenvalue weighted by molar-refractivity contribution is 0.307. The van der Waals surface area contributed by atoms with Crippen molar-refractivity contribution >= 4 is 35.8 Å². The lowest BCUT2D eigenvalue weighted by atomic mass is 10.2. The molecule has 1 N–H and O–H groups in total. The van der Waals surface area contributed by atoms with Crippen molar-refractivity contribution in [2.75, 3.05) is 51.3 Å². The molecule has 2 aromatic rings. The molecule has 7 heteroatoms. The van der Waals surface area contributed by atoms with Crippen LogP contribution in [0.2, 0.25) is 0 Å². The van der Waals surface area contributed by atoms with Crippen molar-refractivity contribution in [3.63, 3.8) is 0 Å². The number of nitrogens with zero attached hydrogens (tertiary/aromatic N) is 4. The van der Waals surface area contributed by atoms with E-state index in [2.05, 4.69) is 44.1 Å². The Labute approximate surface area is 185 Å². The number of hydrogen-bond donors (Lipinski definition) is 1. The van der Waals surface area contributed by atoms with Crippen molar-refractivity contribution in [1.29, 1.82) is 0 Å². The number of hydrogen-bond acceptors (Lipinski definition) is 4. The maximum atomic E-state index is 5.85. The first kappa shape index (κ1) is 22.3. The van der Waals surface area contributed by atoms with Gasteiger partial charge in [0.25, 0.3) is 0 Å². The Bertz CT molecular complexity index is 733. The second-order valence-electron chi connectivity index (χ2n) is 6.60. The van der Waals surface area contributed by atoms with E-state index in [1.807, 2.05) is 43.6 Å². The zero-order chi connectivity index (χ0) is 18.9. The number of ether oxygens (including phenoxy) is 1. The van der Waals surface area contributed by atoms with Gasteiger partial charge in [-0.3, -0.25) is 4.99 Å². The number of piperazine rings is 1. The molecule has 152 valence electrons. The lowest BCUT2D eigenvalue weighted by Crippen LogP contribution is -2.52. The van der Waals surface area contributed by atoms with E-state index in [0.717, 1.165) is 56.7 Å². The van der Waals surface area contributed by atoms with Gasteiger partial charge in [-0.05, 0) is 37.1 Å². The van der Waals surface area contributed by atoms with E-state index in [1.165, 1.54) is 5.56 Å². The van der Waals surface area contributed by atoms with Crippen LogP contribution in [0.25, 0.3) is 0 Å². The van der Waals surface area contributed by atoms with Crippen molar-refractivity contribution in [3.8, 4) is 5.75 Å². The van der Waals surface area contributed by atoms with E-state index in [1.54, 1.807) is 0 Å². The number of pyridine rings is 1. The van der Waals surface area contributed by atoms with Gasteiger partial charge in [0, 0.05) is 46.0 Å². The molecular weight excluding hydrogens is 465 g/mol. The lowest BCUT2D eigenvalue weighted by Gasteiger charge is -2.37. The Balaban J connectivity index is 0.00000280. The monoisotopic (exact) mass is 495 g/mol. The maximum Gasteiger partial charge on any atom is 0.193 e. The average Bonchev–Trinajstić information content (AvgIpc) is 2.73. The second kappa shape index (κ2) is 11.7. The Morgan fingerprint density at radius 3 is 2.54 bits per heavy atom. The van der Waals surface area contributed by atoms with Gasteiger partial charge in [0.15, 0.2) is 5.96 Å². The molecule has 0 aliphatic carbocycles. The molecule has 0 bridgehead atoms. The second-order valence-corrected chi connectivity index (χ2v) is 6.60. The van der Waals surface area contributed by atoms with Crippen LogP contribution in [-0.4, -0.2) is 62.2 Å². The third kappa shape index (κ3) is 6.25. The number of rotatable bonds is 6. The molecule has 0 unspecified atom stereocenters. The third-order valence-corrected chi connectivity index (χ3v) is 4.72. The molecule has 1 fully saturated rings. The highest BCUT2D eigenvalue weighted by Gasteiger charge is 2.20. The molecule has 6 nitrogen and oxygen atoms in total. The number of halogens is 1. The Kier molecular flexibility index (Phi) is 9.33. The molecule has 1 saturated heterocycles. The number of aromatic nitrogens is 1. The average molecular weight is 495 g/mol. The van der Waals surface area contributed by atoms with Crippen molar-refractivity contribution in [2.45, 2.75) is 13.3 Å². The highest BCUT2D eigenvalue weighted by Crippen LogP contribution is 2.16. The van der Waals surface area contributed by atoms with Crippen molar-refractivity contribution in [3.05, 3.63) is 54.2 Å². The highest BCUT2D eigenvalue weighted by atomic mass is 127. The van der Waals surface area contributed by atoms with E-state index in [4.69, 9.17) is 4.74 Å². The Hall–Kier alpha value is -2.03. The van der Waals surface area contributed by atoms with Crippen LogP contribution in [0.1, 0.15) is 12.0 Å². The molecule has 3 rings (SSSR count). The number of para-hydroxylation sites is 1. The molecule has 1 aliphatic rings. The summed E-state index contributed by atoms with van der Waals surface area (Å²) in [7, 11) is 1.84. The largest absolute Gasteiger partial charge is 0.493 e. The van der Waals surface area contributed by atoms with E-state index in [0.29, 0.717) is 6.61 Å². The fourth-order valence-electron chi connectivity index (χ4n) is 3.19. The van der Waals surface area contributed by atoms with Gasteiger partial charge in [-0.15, -0.1) is 24.0 Å². The first-order valence-electron chi connectivity index (χ1n) is 9.58. The zero-order valence-corrected chi connectivity index (χ0v) is 19.0.